The molecule has 188 valence electrons. The van der Waals surface area contributed by atoms with Crippen LogP contribution in [0.5, 0.6) is 0 Å². The average Bonchev–Trinajstić information content (AvgIpc) is 2.28. The zero-order valence-corrected chi connectivity index (χ0v) is 24.2. The molecular formula is C26H56N2O3. The van der Waals surface area contributed by atoms with Crippen LogP contribution in [0.4, 0.5) is 0 Å². The molecule has 0 aliphatic carbocycles. The Morgan fingerprint density at radius 3 is 0.677 bits per heavy atom. The van der Waals surface area contributed by atoms with E-state index in [2.05, 4.69) is 52.2 Å². The van der Waals surface area contributed by atoms with E-state index in [4.69, 9.17) is 4.74 Å². The van der Waals surface area contributed by atoms with E-state index < -0.39 is 0 Å². The largest absolute Gasteiger partial charge is 0.370 e. The van der Waals surface area contributed by atoms with Crippen molar-refractivity contribution < 1.29 is 14.3 Å². The lowest BCUT2D eigenvalue weighted by atomic mass is 9.94. The van der Waals surface area contributed by atoms with Crippen LogP contribution in [0.2, 0.25) is 0 Å². The monoisotopic (exact) mass is 444 g/mol. The molecule has 31 heavy (non-hydrogen) atoms. The highest BCUT2D eigenvalue weighted by Gasteiger charge is 2.25. The zero-order valence-electron chi connectivity index (χ0n) is 24.2. The maximum atomic E-state index is 11.4. The lowest BCUT2D eigenvalue weighted by Crippen LogP contribution is -2.46. The fourth-order valence-corrected chi connectivity index (χ4v) is 1.97. The van der Waals surface area contributed by atoms with Gasteiger partial charge in [-0.05, 0) is 83.1 Å². The van der Waals surface area contributed by atoms with Gasteiger partial charge in [0.1, 0.15) is 0 Å². The molecule has 0 aromatic rings. The fourth-order valence-electron chi connectivity index (χ4n) is 1.97. The third-order valence-electron chi connectivity index (χ3n) is 2.95. The van der Waals surface area contributed by atoms with Gasteiger partial charge in [0.05, 0.1) is 11.2 Å². The molecule has 0 aromatic carbocycles. The number of carbonyl (C=O) groups excluding carboxylic acids is 2. The standard InChI is InChI=1S/2C9H19NO.C8H18O/c2*1-8(2,3)7(11)10-9(4,5)6;1-7(2,3)9-8(4,5)6/h2*1-6H3,(H,10,11);1-6H3. The summed E-state index contributed by atoms with van der Waals surface area (Å²) in [7, 11) is 0. The van der Waals surface area contributed by atoms with Crippen LogP contribution in [0.15, 0.2) is 0 Å². The van der Waals surface area contributed by atoms with Crippen LogP contribution in [0.3, 0.4) is 0 Å². The molecule has 0 spiro atoms. The van der Waals surface area contributed by atoms with Crippen molar-refractivity contribution in [1.82, 2.24) is 10.6 Å². The van der Waals surface area contributed by atoms with Crippen molar-refractivity contribution in [2.45, 2.75) is 147 Å². The molecule has 0 aromatic heterocycles. The maximum absolute atomic E-state index is 11.4. The van der Waals surface area contributed by atoms with E-state index in [0.29, 0.717) is 0 Å². The Labute approximate surface area is 194 Å². The van der Waals surface area contributed by atoms with Crippen molar-refractivity contribution in [3.05, 3.63) is 0 Å². The Morgan fingerprint density at radius 2 is 0.645 bits per heavy atom. The highest BCUT2D eigenvalue weighted by atomic mass is 16.5. The molecule has 0 aliphatic heterocycles. The van der Waals surface area contributed by atoms with Crippen molar-refractivity contribution in [3.63, 3.8) is 0 Å². The second-order valence-corrected chi connectivity index (χ2v) is 14.2. The minimum atomic E-state index is -0.284. The predicted molar refractivity (Wildman–Crippen MR) is 135 cm³/mol. The highest BCUT2D eigenvalue weighted by Crippen LogP contribution is 2.18. The van der Waals surface area contributed by atoms with E-state index >= 15 is 0 Å². The van der Waals surface area contributed by atoms with Crippen molar-refractivity contribution in [1.29, 1.82) is 0 Å². The lowest BCUT2D eigenvalue weighted by molar-refractivity contribution is -0.130. The molecule has 0 bridgehead atoms. The summed E-state index contributed by atoms with van der Waals surface area (Å²) in [5, 5.41) is 5.84. The number of carbonyl (C=O) groups is 2. The van der Waals surface area contributed by atoms with Gasteiger partial charge in [0.15, 0.2) is 0 Å². The van der Waals surface area contributed by atoms with Crippen LogP contribution in [-0.4, -0.2) is 34.1 Å². The Bertz CT molecular complexity index is 488. The normalized spacial score (nSPS) is 13.2. The average molecular weight is 445 g/mol. The Hall–Kier alpha value is -1.10. The second-order valence-electron chi connectivity index (χ2n) is 14.2. The summed E-state index contributed by atoms with van der Waals surface area (Å²) in [5.41, 5.74) is -0.841. The van der Waals surface area contributed by atoms with Crippen LogP contribution in [0, 0.1) is 10.8 Å². The van der Waals surface area contributed by atoms with Crippen LogP contribution < -0.4 is 10.6 Å². The van der Waals surface area contributed by atoms with Crippen molar-refractivity contribution in [3.8, 4) is 0 Å². The summed E-state index contributed by atoms with van der Waals surface area (Å²) >= 11 is 0. The van der Waals surface area contributed by atoms with Crippen LogP contribution >= 0.6 is 0 Å². The van der Waals surface area contributed by atoms with E-state index in [9.17, 15) is 9.59 Å². The lowest BCUT2D eigenvalue weighted by Gasteiger charge is -2.30. The molecule has 0 heterocycles. The van der Waals surface area contributed by atoms with Crippen molar-refractivity contribution in [2.24, 2.45) is 10.8 Å². The van der Waals surface area contributed by atoms with Crippen molar-refractivity contribution in [2.75, 3.05) is 0 Å². The topological polar surface area (TPSA) is 67.4 Å². The van der Waals surface area contributed by atoms with E-state index in [-0.39, 0.29) is 44.9 Å². The summed E-state index contributed by atoms with van der Waals surface area (Å²) in [5.74, 6) is 0.204. The number of amides is 2. The minimum Gasteiger partial charge on any atom is -0.370 e. The van der Waals surface area contributed by atoms with Gasteiger partial charge in [-0.25, -0.2) is 0 Å². The molecule has 2 amide bonds. The minimum absolute atomic E-state index is 0.0156. The summed E-state index contributed by atoms with van der Waals surface area (Å²) in [6.07, 6.45) is 0. The van der Waals surface area contributed by atoms with Gasteiger partial charge in [0.25, 0.3) is 0 Å². The molecule has 0 saturated carbocycles. The molecular weight excluding hydrogens is 388 g/mol. The number of hydrogen-bond acceptors (Lipinski definition) is 3. The summed E-state index contributed by atoms with van der Waals surface area (Å²) in [4.78, 5) is 22.7. The van der Waals surface area contributed by atoms with Crippen molar-refractivity contribution >= 4 is 11.8 Å². The quantitative estimate of drug-likeness (QED) is 0.448. The van der Waals surface area contributed by atoms with Gasteiger partial charge in [-0.1, -0.05) is 41.5 Å². The first kappa shape index (κ1) is 34.5. The first-order valence-corrected chi connectivity index (χ1v) is 11.3. The highest BCUT2D eigenvalue weighted by molar-refractivity contribution is 5.82. The molecule has 0 atom stereocenters. The van der Waals surface area contributed by atoms with E-state index in [0.717, 1.165) is 0 Å². The van der Waals surface area contributed by atoms with E-state index in [1.807, 2.05) is 83.1 Å². The SMILES string of the molecule is CC(C)(C)NC(=O)C(C)(C)C.CC(C)(C)NC(=O)C(C)(C)C.CC(C)(C)OC(C)(C)C. The Morgan fingerprint density at radius 1 is 0.452 bits per heavy atom. The van der Waals surface area contributed by atoms with E-state index in [1.54, 1.807) is 0 Å². The number of nitrogens with one attached hydrogen (secondary N) is 2. The summed E-state index contributed by atoms with van der Waals surface area (Å²) in [6, 6.07) is 0. The molecule has 0 rings (SSSR count). The van der Waals surface area contributed by atoms with Gasteiger partial charge in [-0.15, -0.1) is 0 Å². The third-order valence-corrected chi connectivity index (χ3v) is 2.95. The second kappa shape index (κ2) is 11.7. The fraction of sp³-hybridized carbons (Fsp3) is 0.923. The molecule has 0 saturated heterocycles. The molecule has 0 fully saturated rings. The molecule has 0 radical (unpaired) electrons. The predicted octanol–water partition coefficient (Wildman–Crippen LogP) is 6.49. The van der Waals surface area contributed by atoms with Gasteiger partial charge in [-0.2, -0.15) is 0 Å². The van der Waals surface area contributed by atoms with Crippen LogP contribution in [0.1, 0.15) is 125 Å². The molecule has 0 unspecified atom stereocenters. The molecule has 5 nitrogen and oxygen atoms in total. The first-order valence-electron chi connectivity index (χ1n) is 11.3. The smallest absolute Gasteiger partial charge is 0.225 e. The number of rotatable bonds is 0. The van der Waals surface area contributed by atoms with Gasteiger partial charge in [0.2, 0.25) is 11.8 Å². The Kier molecular flexibility index (Phi) is 13.0. The zero-order chi connectivity index (χ0) is 26.3. The third kappa shape index (κ3) is 28.9. The number of hydrogen-bond donors (Lipinski definition) is 2. The maximum Gasteiger partial charge on any atom is 0.225 e. The molecule has 5 heteroatoms. The van der Waals surface area contributed by atoms with Gasteiger partial charge in [0, 0.05) is 21.9 Å². The first-order chi connectivity index (χ1) is 13.0. The van der Waals surface area contributed by atoms with Crippen LogP contribution in [-0.2, 0) is 14.3 Å². The van der Waals surface area contributed by atoms with E-state index in [1.165, 1.54) is 0 Å². The van der Waals surface area contributed by atoms with Crippen LogP contribution in [0.25, 0.3) is 0 Å². The van der Waals surface area contributed by atoms with Gasteiger partial charge in [-0.3, -0.25) is 9.59 Å². The summed E-state index contributed by atoms with van der Waals surface area (Å²) < 4.78 is 5.62. The number of ether oxygens (including phenoxy) is 1. The molecule has 0 aliphatic rings. The van der Waals surface area contributed by atoms with Gasteiger partial charge >= 0.3 is 0 Å². The molecule has 2 N–H and O–H groups in total. The Balaban J connectivity index is -0.000000382. The van der Waals surface area contributed by atoms with Gasteiger partial charge < -0.3 is 15.4 Å². The summed E-state index contributed by atoms with van der Waals surface area (Å²) in [6.45, 7) is 35.8.